The van der Waals surface area contributed by atoms with Crippen molar-refractivity contribution in [3.8, 4) is 28.6 Å². The van der Waals surface area contributed by atoms with E-state index in [2.05, 4.69) is 22.2 Å². The maximum atomic E-state index is 11.5. The standard InChI is InChI=1S/C26H30N4O4/c1-30-10-4-5-19(30)16-33-23-8-7-18(12-24(23)32-2)21-13-22-20(6-3-9-27-22)26(29-21)34-15-17-11-25(31)28-14-17/h3,6-9,12-13,17,19H,4-5,10-11,14-16H2,1-2H3,(H,28,31)/t17?,19-/m1/s1. The van der Waals surface area contributed by atoms with Crippen molar-refractivity contribution in [2.24, 2.45) is 5.92 Å². The lowest BCUT2D eigenvalue weighted by Gasteiger charge is -2.20. The molecule has 5 rings (SSSR count). The van der Waals surface area contributed by atoms with E-state index in [1.165, 1.54) is 6.42 Å². The zero-order valence-electron chi connectivity index (χ0n) is 19.6. The lowest BCUT2D eigenvalue weighted by Crippen LogP contribution is -2.30. The summed E-state index contributed by atoms with van der Waals surface area (Å²) in [6, 6.07) is 12.1. The van der Waals surface area contributed by atoms with Crippen LogP contribution in [-0.4, -0.2) is 67.3 Å². The molecule has 2 aliphatic heterocycles. The molecule has 3 aromatic rings. The molecule has 0 bridgehead atoms. The summed E-state index contributed by atoms with van der Waals surface area (Å²) < 4.78 is 17.8. The molecule has 2 aliphatic rings. The minimum Gasteiger partial charge on any atom is -0.493 e. The van der Waals surface area contributed by atoms with Gasteiger partial charge in [0.25, 0.3) is 0 Å². The highest BCUT2D eigenvalue weighted by Crippen LogP contribution is 2.35. The van der Waals surface area contributed by atoms with Gasteiger partial charge < -0.3 is 24.4 Å². The van der Waals surface area contributed by atoms with Gasteiger partial charge in [0.15, 0.2) is 11.5 Å². The first kappa shape index (κ1) is 22.4. The Balaban J connectivity index is 1.39. The minimum atomic E-state index is 0.0656. The third-order valence-electron chi connectivity index (χ3n) is 6.64. The van der Waals surface area contributed by atoms with Gasteiger partial charge in [-0.3, -0.25) is 9.78 Å². The Morgan fingerprint density at radius 1 is 1.15 bits per heavy atom. The zero-order chi connectivity index (χ0) is 23.5. The number of benzene rings is 1. The molecule has 2 saturated heterocycles. The number of amides is 1. The predicted molar refractivity (Wildman–Crippen MR) is 129 cm³/mol. The number of aromatic nitrogens is 2. The van der Waals surface area contributed by atoms with E-state index in [1.807, 2.05) is 36.4 Å². The van der Waals surface area contributed by atoms with Crippen molar-refractivity contribution in [3.63, 3.8) is 0 Å². The Bertz CT molecular complexity index is 1180. The van der Waals surface area contributed by atoms with Crippen molar-refractivity contribution in [1.82, 2.24) is 20.2 Å². The summed E-state index contributed by atoms with van der Waals surface area (Å²) in [7, 11) is 3.79. The number of rotatable bonds is 8. The summed E-state index contributed by atoms with van der Waals surface area (Å²) in [5, 5.41) is 3.69. The average molecular weight is 463 g/mol. The molecule has 8 heteroatoms. The van der Waals surface area contributed by atoms with Crippen molar-refractivity contribution in [1.29, 1.82) is 0 Å². The highest BCUT2D eigenvalue weighted by Gasteiger charge is 2.23. The van der Waals surface area contributed by atoms with E-state index in [9.17, 15) is 4.79 Å². The van der Waals surface area contributed by atoms with Gasteiger partial charge in [-0.05, 0) is 62.8 Å². The number of fused-ring (bicyclic) bond motifs is 1. The van der Waals surface area contributed by atoms with Gasteiger partial charge >= 0.3 is 0 Å². The molecule has 1 aromatic carbocycles. The zero-order valence-corrected chi connectivity index (χ0v) is 19.6. The third-order valence-corrected chi connectivity index (χ3v) is 6.64. The Hall–Kier alpha value is -3.39. The summed E-state index contributed by atoms with van der Waals surface area (Å²) in [5.41, 5.74) is 2.42. The highest BCUT2D eigenvalue weighted by molar-refractivity contribution is 5.87. The first-order chi connectivity index (χ1) is 16.6. The maximum absolute atomic E-state index is 11.5. The summed E-state index contributed by atoms with van der Waals surface area (Å²) in [6.45, 7) is 2.81. The van der Waals surface area contributed by atoms with Crippen molar-refractivity contribution in [3.05, 3.63) is 42.6 Å². The van der Waals surface area contributed by atoms with Crippen LogP contribution in [0.1, 0.15) is 19.3 Å². The largest absolute Gasteiger partial charge is 0.493 e. The average Bonchev–Trinajstić information content (AvgIpc) is 3.48. The molecule has 34 heavy (non-hydrogen) atoms. The Kier molecular flexibility index (Phi) is 6.49. The van der Waals surface area contributed by atoms with E-state index in [1.54, 1.807) is 13.3 Å². The number of ether oxygens (including phenoxy) is 3. The van der Waals surface area contributed by atoms with Crippen molar-refractivity contribution < 1.29 is 19.0 Å². The fourth-order valence-electron chi connectivity index (χ4n) is 4.60. The van der Waals surface area contributed by atoms with Gasteiger partial charge in [-0.15, -0.1) is 0 Å². The second-order valence-corrected chi connectivity index (χ2v) is 9.02. The first-order valence-electron chi connectivity index (χ1n) is 11.8. The van der Waals surface area contributed by atoms with Crippen LogP contribution in [0.15, 0.2) is 42.6 Å². The van der Waals surface area contributed by atoms with Crippen LogP contribution in [0, 0.1) is 5.92 Å². The second-order valence-electron chi connectivity index (χ2n) is 9.02. The van der Waals surface area contributed by atoms with Crippen molar-refractivity contribution in [2.75, 3.05) is 40.5 Å². The number of nitrogens with one attached hydrogen (secondary N) is 1. The number of likely N-dealkylation sites (N-methyl/N-ethyl adjacent to an activating group) is 1. The molecule has 1 amide bonds. The molecule has 178 valence electrons. The Morgan fingerprint density at radius 2 is 2.06 bits per heavy atom. The van der Waals surface area contributed by atoms with Crippen LogP contribution in [0.2, 0.25) is 0 Å². The lowest BCUT2D eigenvalue weighted by molar-refractivity contribution is -0.119. The summed E-state index contributed by atoms with van der Waals surface area (Å²) in [6.07, 6.45) is 4.59. The Morgan fingerprint density at radius 3 is 2.82 bits per heavy atom. The highest BCUT2D eigenvalue weighted by atomic mass is 16.5. The number of methoxy groups -OCH3 is 1. The van der Waals surface area contributed by atoms with E-state index in [-0.39, 0.29) is 11.8 Å². The van der Waals surface area contributed by atoms with E-state index in [4.69, 9.17) is 19.2 Å². The molecule has 0 saturated carbocycles. The fraction of sp³-hybridized carbons (Fsp3) is 0.423. The number of carbonyl (C=O) groups excluding carboxylic acids is 1. The fourth-order valence-corrected chi connectivity index (χ4v) is 4.60. The maximum Gasteiger partial charge on any atom is 0.223 e. The van der Waals surface area contributed by atoms with E-state index < -0.39 is 0 Å². The number of carbonyl (C=O) groups is 1. The molecule has 8 nitrogen and oxygen atoms in total. The van der Waals surface area contributed by atoms with Crippen LogP contribution < -0.4 is 19.5 Å². The van der Waals surface area contributed by atoms with E-state index >= 15 is 0 Å². The molecular formula is C26H30N4O4. The molecular weight excluding hydrogens is 432 g/mol. The number of hydrogen-bond acceptors (Lipinski definition) is 7. The molecule has 4 heterocycles. The first-order valence-corrected chi connectivity index (χ1v) is 11.8. The quantitative estimate of drug-likeness (QED) is 0.550. The second kappa shape index (κ2) is 9.85. The van der Waals surface area contributed by atoms with Gasteiger partial charge in [0.2, 0.25) is 11.8 Å². The molecule has 0 spiro atoms. The van der Waals surface area contributed by atoms with Crippen LogP contribution in [0.25, 0.3) is 22.2 Å². The van der Waals surface area contributed by atoms with Gasteiger partial charge in [-0.2, -0.15) is 0 Å². The Labute approximate surface area is 199 Å². The molecule has 0 radical (unpaired) electrons. The third kappa shape index (κ3) is 4.77. The number of nitrogens with zero attached hydrogens (tertiary/aromatic N) is 3. The summed E-state index contributed by atoms with van der Waals surface area (Å²) in [5.74, 6) is 2.11. The summed E-state index contributed by atoms with van der Waals surface area (Å²) in [4.78, 5) is 23.2. The van der Waals surface area contributed by atoms with Crippen LogP contribution in [0.3, 0.4) is 0 Å². The van der Waals surface area contributed by atoms with Gasteiger partial charge in [0, 0.05) is 36.7 Å². The number of pyridine rings is 2. The van der Waals surface area contributed by atoms with Crippen LogP contribution in [-0.2, 0) is 4.79 Å². The van der Waals surface area contributed by atoms with Crippen molar-refractivity contribution >= 4 is 16.8 Å². The van der Waals surface area contributed by atoms with Crippen LogP contribution in [0.5, 0.6) is 17.4 Å². The molecule has 0 aliphatic carbocycles. The van der Waals surface area contributed by atoms with Crippen LogP contribution >= 0.6 is 0 Å². The molecule has 2 fully saturated rings. The van der Waals surface area contributed by atoms with Crippen LogP contribution in [0.4, 0.5) is 0 Å². The monoisotopic (exact) mass is 462 g/mol. The summed E-state index contributed by atoms with van der Waals surface area (Å²) >= 11 is 0. The molecule has 2 aromatic heterocycles. The van der Waals surface area contributed by atoms with E-state index in [0.29, 0.717) is 43.9 Å². The predicted octanol–water partition coefficient (Wildman–Crippen LogP) is 3.29. The lowest BCUT2D eigenvalue weighted by atomic mass is 10.1. The van der Waals surface area contributed by atoms with Gasteiger partial charge in [-0.25, -0.2) is 4.98 Å². The van der Waals surface area contributed by atoms with Gasteiger partial charge in [-0.1, -0.05) is 0 Å². The smallest absolute Gasteiger partial charge is 0.223 e. The molecule has 1 N–H and O–H groups in total. The van der Waals surface area contributed by atoms with Gasteiger partial charge in [0.05, 0.1) is 30.3 Å². The minimum absolute atomic E-state index is 0.0656. The normalized spacial score (nSPS) is 20.5. The van der Waals surface area contributed by atoms with Gasteiger partial charge in [0.1, 0.15) is 6.61 Å². The molecule has 2 atom stereocenters. The topological polar surface area (TPSA) is 85.8 Å². The molecule has 1 unspecified atom stereocenters. The van der Waals surface area contributed by atoms with E-state index in [0.717, 1.165) is 40.9 Å². The van der Waals surface area contributed by atoms with Crippen molar-refractivity contribution in [2.45, 2.75) is 25.3 Å². The number of hydrogen-bond donors (Lipinski definition) is 1. The SMILES string of the molecule is COc1cc(-c2cc3ncccc3c(OCC3CNC(=O)C3)n2)ccc1OC[C@H]1CCCN1C. The number of likely N-dealkylation sites (tertiary alicyclic amines) is 1.